The maximum atomic E-state index is 14.5. The fourth-order valence-electron chi connectivity index (χ4n) is 5.06. The fourth-order valence-corrected chi connectivity index (χ4v) is 5.06. The van der Waals surface area contributed by atoms with Crippen LogP contribution in [0.25, 0.3) is 0 Å². The molecule has 1 atom stereocenters. The molecule has 1 unspecified atom stereocenters. The predicted octanol–water partition coefficient (Wildman–Crippen LogP) is 5.81. The molecule has 1 aliphatic carbocycles. The van der Waals surface area contributed by atoms with E-state index in [1.165, 1.54) is 16.7 Å². The average molecular weight is 523 g/mol. The normalized spacial score (nSPS) is 14.7. The van der Waals surface area contributed by atoms with E-state index in [1.807, 2.05) is 43.3 Å². The Bertz CT molecular complexity index is 1230. The van der Waals surface area contributed by atoms with Gasteiger partial charge in [-0.05, 0) is 105 Å². The van der Waals surface area contributed by atoms with Gasteiger partial charge in [-0.15, -0.1) is 0 Å². The highest BCUT2D eigenvalue weighted by Gasteiger charge is 2.24. The molecule has 0 amide bonds. The third-order valence-electron chi connectivity index (χ3n) is 7.16. The lowest BCUT2D eigenvalue weighted by molar-refractivity contribution is 0.252. The van der Waals surface area contributed by atoms with Crippen molar-refractivity contribution >= 4 is 5.69 Å². The van der Waals surface area contributed by atoms with E-state index >= 15 is 0 Å². The minimum atomic E-state index is -0.317. The molecule has 3 aromatic rings. The van der Waals surface area contributed by atoms with E-state index in [2.05, 4.69) is 11.4 Å². The molecule has 4 rings (SSSR count). The number of aromatic hydroxyl groups is 1. The van der Waals surface area contributed by atoms with Gasteiger partial charge < -0.3 is 29.5 Å². The van der Waals surface area contributed by atoms with Gasteiger partial charge in [-0.2, -0.15) is 0 Å². The molecular weight excluding hydrogens is 483 g/mol. The highest BCUT2D eigenvalue weighted by molar-refractivity contribution is 5.62. The summed E-state index contributed by atoms with van der Waals surface area (Å²) < 4.78 is 31.3. The molecule has 7 heteroatoms. The molecule has 0 saturated heterocycles. The van der Waals surface area contributed by atoms with E-state index in [0.717, 1.165) is 56.4 Å². The number of methoxy groups -OCH3 is 2. The van der Waals surface area contributed by atoms with Crippen LogP contribution in [0.5, 0.6) is 23.0 Å². The standard InChI is InChI=1S/C31H39FN2O4/c1-34(2)14-15-38-29-12-7-21(16-27(29)32)6-5-13-33-28-20-31(37-4)30(36-3)19-26(28)24-9-8-23-18-25(35)11-10-22(23)17-24/h7,10-12,16,18-20,24,33,35H,5-6,8-9,13-15,17H2,1-4H3. The van der Waals surface area contributed by atoms with Gasteiger partial charge in [0.05, 0.1) is 14.2 Å². The number of phenols is 1. The molecule has 0 heterocycles. The van der Waals surface area contributed by atoms with Gasteiger partial charge in [0.25, 0.3) is 0 Å². The number of fused-ring (bicyclic) bond motifs is 1. The highest BCUT2D eigenvalue weighted by atomic mass is 19.1. The van der Waals surface area contributed by atoms with Crippen molar-refractivity contribution in [3.05, 3.63) is 76.6 Å². The number of aryl methyl sites for hydroxylation is 2. The van der Waals surface area contributed by atoms with Crippen LogP contribution in [0.4, 0.5) is 10.1 Å². The highest BCUT2D eigenvalue weighted by Crippen LogP contribution is 2.42. The lowest BCUT2D eigenvalue weighted by atomic mass is 9.79. The average Bonchev–Trinajstić information content (AvgIpc) is 2.91. The number of nitrogens with zero attached hydrogens (tertiary/aromatic N) is 1. The lowest BCUT2D eigenvalue weighted by Gasteiger charge is -2.28. The van der Waals surface area contributed by atoms with E-state index in [0.29, 0.717) is 35.5 Å². The van der Waals surface area contributed by atoms with E-state index in [4.69, 9.17) is 14.2 Å². The Morgan fingerprint density at radius 2 is 1.76 bits per heavy atom. The summed E-state index contributed by atoms with van der Waals surface area (Å²) in [6.07, 6.45) is 4.42. The lowest BCUT2D eigenvalue weighted by Crippen LogP contribution is -2.19. The molecule has 0 aliphatic heterocycles. The van der Waals surface area contributed by atoms with Crippen molar-refractivity contribution in [3.63, 3.8) is 0 Å². The molecule has 0 fully saturated rings. The Labute approximate surface area is 225 Å². The number of anilines is 1. The molecule has 204 valence electrons. The Morgan fingerprint density at radius 1 is 0.974 bits per heavy atom. The molecule has 0 bridgehead atoms. The quantitative estimate of drug-likeness (QED) is 0.293. The van der Waals surface area contributed by atoms with Crippen molar-refractivity contribution in [2.24, 2.45) is 0 Å². The molecule has 1 aliphatic rings. The van der Waals surface area contributed by atoms with Crippen LogP contribution in [0.2, 0.25) is 0 Å². The fraction of sp³-hybridized carbons (Fsp3) is 0.419. The Morgan fingerprint density at radius 3 is 2.50 bits per heavy atom. The molecule has 38 heavy (non-hydrogen) atoms. The maximum Gasteiger partial charge on any atom is 0.165 e. The van der Waals surface area contributed by atoms with Crippen molar-refractivity contribution < 1.29 is 23.7 Å². The van der Waals surface area contributed by atoms with Crippen LogP contribution in [-0.2, 0) is 19.3 Å². The van der Waals surface area contributed by atoms with Gasteiger partial charge in [0, 0.05) is 24.8 Å². The number of hydrogen-bond acceptors (Lipinski definition) is 6. The SMILES string of the molecule is COc1cc(NCCCc2ccc(OCCN(C)C)c(F)c2)c(C2CCc3cc(O)ccc3C2)cc1OC. The molecule has 2 N–H and O–H groups in total. The monoisotopic (exact) mass is 522 g/mol. The zero-order valence-electron chi connectivity index (χ0n) is 22.9. The van der Waals surface area contributed by atoms with Crippen molar-refractivity contribution in [1.82, 2.24) is 4.90 Å². The summed E-state index contributed by atoms with van der Waals surface area (Å²) in [4.78, 5) is 2.00. The summed E-state index contributed by atoms with van der Waals surface area (Å²) in [5.74, 6) is 2.03. The van der Waals surface area contributed by atoms with Crippen LogP contribution in [0.3, 0.4) is 0 Å². The Balaban J connectivity index is 1.41. The first-order valence-corrected chi connectivity index (χ1v) is 13.2. The van der Waals surface area contributed by atoms with Gasteiger partial charge >= 0.3 is 0 Å². The number of ether oxygens (including phenoxy) is 3. The topological polar surface area (TPSA) is 63.2 Å². The van der Waals surface area contributed by atoms with Crippen LogP contribution in [-0.4, -0.2) is 58.0 Å². The molecule has 6 nitrogen and oxygen atoms in total. The summed E-state index contributed by atoms with van der Waals surface area (Å²) in [5.41, 5.74) is 5.68. The van der Waals surface area contributed by atoms with Crippen molar-refractivity contribution in [2.75, 3.05) is 53.3 Å². The smallest absolute Gasteiger partial charge is 0.165 e. The van der Waals surface area contributed by atoms with Crippen molar-refractivity contribution in [3.8, 4) is 23.0 Å². The first-order chi connectivity index (χ1) is 18.4. The second-order valence-corrected chi connectivity index (χ2v) is 10.1. The van der Waals surface area contributed by atoms with E-state index in [1.54, 1.807) is 32.4 Å². The summed E-state index contributed by atoms with van der Waals surface area (Å²) in [6.45, 7) is 1.93. The number of nitrogens with one attached hydrogen (secondary N) is 1. The van der Waals surface area contributed by atoms with E-state index in [-0.39, 0.29) is 5.82 Å². The molecule has 0 spiro atoms. The predicted molar refractivity (Wildman–Crippen MR) is 150 cm³/mol. The number of hydrogen-bond donors (Lipinski definition) is 2. The summed E-state index contributed by atoms with van der Waals surface area (Å²) in [7, 11) is 7.23. The zero-order valence-corrected chi connectivity index (χ0v) is 22.9. The molecule has 3 aromatic carbocycles. The third kappa shape index (κ3) is 6.90. The van der Waals surface area contributed by atoms with Crippen LogP contribution in [0, 0.1) is 5.82 Å². The van der Waals surface area contributed by atoms with Crippen molar-refractivity contribution in [2.45, 2.75) is 38.0 Å². The summed E-state index contributed by atoms with van der Waals surface area (Å²) in [5, 5.41) is 13.5. The first kappa shape index (κ1) is 27.6. The van der Waals surface area contributed by atoms with E-state index < -0.39 is 0 Å². The minimum Gasteiger partial charge on any atom is -0.508 e. The van der Waals surface area contributed by atoms with Gasteiger partial charge in [0.15, 0.2) is 23.1 Å². The van der Waals surface area contributed by atoms with Crippen LogP contribution in [0.15, 0.2) is 48.5 Å². The van der Waals surface area contributed by atoms with Crippen LogP contribution in [0.1, 0.15) is 41.0 Å². The maximum absolute atomic E-state index is 14.5. The largest absolute Gasteiger partial charge is 0.508 e. The Kier molecular flexibility index (Phi) is 9.34. The first-order valence-electron chi connectivity index (χ1n) is 13.2. The summed E-state index contributed by atoms with van der Waals surface area (Å²) >= 11 is 0. The molecular formula is C31H39FN2O4. The number of rotatable bonds is 12. The van der Waals surface area contributed by atoms with Crippen LogP contribution < -0.4 is 19.5 Å². The van der Waals surface area contributed by atoms with Gasteiger partial charge in [-0.1, -0.05) is 12.1 Å². The number of halogens is 1. The minimum absolute atomic E-state index is 0.299. The van der Waals surface area contributed by atoms with Gasteiger partial charge in [0.2, 0.25) is 0 Å². The molecule has 0 saturated carbocycles. The number of likely N-dealkylation sites (N-methyl/N-ethyl adjacent to an activating group) is 1. The zero-order chi connectivity index (χ0) is 27.1. The second-order valence-electron chi connectivity index (χ2n) is 10.1. The second kappa shape index (κ2) is 12.9. The van der Waals surface area contributed by atoms with Gasteiger partial charge in [0.1, 0.15) is 12.4 Å². The van der Waals surface area contributed by atoms with Gasteiger partial charge in [-0.25, -0.2) is 4.39 Å². The number of benzene rings is 3. The van der Waals surface area contributed by atoms with E-state index in [9.17, 15) is 9.50 Å². The summed E-state index contributed by atoms with van der Waals surface area (Å²) in [6, 6.07) is 15.0. The Hall–Kier alpha value is -3.45. The van der Waals surface area contributed by atoms with Crippen LogP contribution >= 0.6 is 0 Å². The number of phenolic OH excluding ortho intramolecular Hbond substituents is 1. The third-order valence-corrected chi connectivity index (χ3v) is 7.16. The molecule has 0 radical (unpaired) electrons. The van der Waals surface area contributed by atoms with Crippen molar-refractivity contribution in [1.29, 1.82) is 0 Å². The molecule has 0 aromatic heterocycles. The van der Waals surface area contributed by atoms with Gasteiger partial charge in [-0.3, -0.25) is 0 Å².